The maximum absolute atomic E-state index is 10.9. The summed E-state index contributed by atoms with van der Waals surface area (Å²) in [7, 11) is 0. The fourth-order valence-electron chi connectivity index (χ4n) is 1.18. The van der Waals surface area contributed by atoms with E-state index in [1.165, 1.54) is 0 Å². The predicted octanol–water partition coefficient (Wildman–Crippen LogP) is 2.89. The monoisotopic (exact) mass is 228 g/mol. The van der Waals surface area contributed by atoms with Gasteiger partial charge in [-0.25, -0.2) is 4.79 Å². The summed E-state index contributed by atoms with van der Waals surface area (Å²) in [5.74, 6) is -0.981. The van der Waals surface area contributed by atoms with Gasteiger partial charge in [0, 0.05) is 11.6 Å². The lowest BCUT2D eigenvalue weighted by Crippen LogP contribution is -2.15. The molecule has 1 rings (SSSR count). The van der Waals surface area contributed by atoms with Crippen LogP contribution in [0, 0.1) is 0 Å². The van der Waals surface area contributed by atoms with Crippen LogP contribution in [0.5, 0.6) is 0 Å². The smallest absolute Gasteiger partial charge is 0.337 e. The molecule has 1 aromatic rings. The quantitative estimate of drug-likeness (QED) is 0.843. The van der Waals surface area contributed by atoms with Gasteiger partial charge in [-0.15, -0.1) is 0 Å². The van der Waals surface area contributed by atoms with Gasteiger partial charge < -0.3 is 9.84 Å². The van der Waals surface area contributed by atoms with Gasteiger partial charge in [-0.05, 0) is 24.1 Å². The van der Waals surface area contributed by atoms with Gasteiger partial charge in [0.2, 0.25) is 0 Å². The summed E-state index contributed by atoms with van der Waals surface area (Å²) in [5.41, 5.74) is 0.611. The highest BCUT2D eigenvalue weighted by Crippen LogP contribution is 2.20. The fraction of sp³-hybridized carbons (Fsp3) is 0.364. The highest BCUT2D eigenvalue weighted by molar-refractivity contribution is 6.30. The maximum atomic E-state index is 10.9. The fourth-order valence-corrected chi connectivity index (χ4v) is 1.31. The third-order valence-corrected chi connectivity index (χ3v) is 2.14. The van der Waals surface area contributed by atoms with Gasteiger partial charge in [0.1, 0.15) is 0 Å². The van der Waals surface area contributed by atoms with Crippen molar-refractivity contribution in [1.29, 1.82) is 0 Å². The Balaban J connectivity index is 2.79. The van der Waals surface area contributed by atoms with Crippen LogP contribution in [-0.4, -0.2) is 17.7 Å². The highest BCUT2D eigenvalue weighted by Gasteiger charge is 2.19. The number of rotatable bonds is 5. The molecule has 0 aliphatic carbocycles. The van der Waals surface area contributed by atoms with Gasteiger partial charge in [-0.1, -0.05) is 30.7 Å². The number of halogens is 1. The van der Waals surface area contributed by atoms with Crippen molar-refractivity contribution in [3.05, 3.63) is 34.9 Å². The summed E-state index contributed by atoms with van der Waals surface area (Å²) in [5, 5.41) is 9.55. The first-order valence-electron chi connectivity index (χ1n) is 4.75. The molecule has 1 N–H and O–H groups in total. The third kappa shape index (κ3) is 3.53. The van der Waals surface area contributed by atoms with Crippen LogP contribution in [0.1, 0.15) is 25.0 Å². The van der Waals surface area contributed by atoms with Crippen molar-refractivity contribution < 1.29 is 14.6 Å². The first-order valence-corrected chi connectivity index (χ1v) is 5.12. The average molecular weight is 229 g/mol. The number of carbonyl (C=O) groups is 1. The second kappa shape index (κ2) is 5.73. The van der Waals surface area contributed by atoms with Gasteiger partial charge >= 0.3 is 5.97 Å². The topological polar surface area (TPSA) is 46.5 Å². The van der Waals surface area contributed by atoms with E-state index in [-0.39, 0.29) is 0 Å². The lowest BCUT2D eigenvalue weighted by Gasteiger charge is -2.13. The largest absolute Gasteiger partial charge is 0.479 e. The lowest BCUT2D eigenvalue weighted by atomic mass is 10.1. The summed E-state index contributed by atoms with van der Waals surface area (Å²) in [6.07, 6.45) is -0.112. The Morgan fingerprint density at radius 2 is 2.07 bits per heavy atom. The second-order valence-electron chi connectivity index (χ2n) is 3.14. The zero-order valence-corrected chi connectivity index (χ0v) is 9.20. The standard InChI is InChI=1S/C11H13ClO3/c1-2-7-15-10(11(13)14)8-3-5-9(12)6-4-8/h3-6,10H,2,7H2,1H3,(H,13,14). The molecule has 3 nitrogen and oxygen atoms in total. The molecule has 0 saturated heterocycles. The number of carboxylic acids is 1. The van der Waals surface area contributed by atoms with Crippen molar-refractivity contribution in [2.24, 2.45) is 0 Å². The summed E-state index contributed by atoms with van der Waals surface area (Å²) in [6.45, 7) is 2.36. The Bertz CT molecular complexity index is 321. The normalized spacial score (nSPS) is 12.4. The number of aliphatic carboxylic acids is 1. The number of hydrogen-bond acceptors (Lipinski definition) is 2. The van der Waals surface area contributed by atoms with E-state index in [0.717, 1.165) is 6.42 Å². The predicted molar refractivity (Wildman–Crippen MR) is 58.1 cm³/mol. The molecule has 82 valence electrons. The molecule has 0 saturated carbocycles. The summed E-state index contributed by atoms with van der Waals surface area (Å²) >= 11 is 5.71. The first kappa shape index (κ1) is 12.0. The molecule has 0 bridgehead atoms. The minimum absolute atomic E-state index is 0.430. The molecular weight excluding hydrogens is 216 g/mol. The molecule has 1 unspecified atom stereocenters. The average Bonchev–Trinajstić information content (AvgIpc) is 2.21. The van der Waals surface area contributed by atoms with E-state index >= 15 is 0 Å². The Labute approximate surface area is 93.6 Å². The highest BCUT2D eigenvalue weighted by atomic mass is 35.5. The zero-order valence-electron chi connectivity index (χ0n) is 8.44. The van der Waals surface area contributed by atoms with Crippen molar-refractivity contribution in [3.8, 4) is 0 Å². The van der Waals surface area contributed by atoms with E-state index in [1.54, 1.807) is 24.3 Å². The lowest BCUT2D eigenvalue weighted by molar-refractivity contribution is -0.150. The van der Waals surface area contributed by atoms with Crippen LogP contribution in [0.15, 0.2) is 24.3 Å². The Hall–Kier alpha value is -1.06. The number of hydrogen-bond donors (Lipinski definition) is 1. The molecule has 4 heteroatoms. The second-order valence-corrected chi connectivity index (χ2v) is 3.58. The number of ether oxygens (including phenoxy) is 1. The van der Waals surface area contributed by atoms with Crippen LogP contribution in [0.25, 0.3) is 0 Å². The molecule has 0 radical (unpaired) electrons. The molecule has 0 heterocycles. The SMILES string of the molecule is CCCOC(C(=O)O)c1ccc(Cl)cc1. The van der Waals surface area contributed by atoms with Crippen LogP contribution in [0.3, 0.4) is 0 Å². The minimum atomic E-state index is -0.981. The van der Waals surface area contributed by atoms with Crippen molar-refractivity contribution in [2.75, 3.05) is 6.61 Å². The van der Waals surface area contributed by atoms with Gasteiger partial charge in [-0.2, -0.15) is 0 Å². The van der Waals surface area contributed by atoms with Crippen molar-refractivity contribution in [1.82, 2.24) is 0 Å². The molecular formula is C11H13ClO3. The molecule has 0 aliphatic heterocycles. The molecule has 0 spiro atoms. The summed E-state index contributed by atoms with van der Waals surface area (Å²) in [4.78, 5) is 10.9. The summed E-state index contributed by atoms with van der Waals surface area (Å²) < 4.78 is 5.24. The van der Waals surface area contributed by atoms with Crippen molar-refractivity contribution in [3.63, 3.8) is 0 Å². The van der Waals surface area contributed by atoms with E-state index in [0.29, 0.717) is 17.2 Å². The first-order chi connectivity index (χ1) is 7.15. The summed E-state index contributed by atoms with van der Waals surface area (Å²) in [6, 6.07) is 6.64. The van der Waals surface area contributed by atoms with Crippen molar-refractivity contribution >= 4 is 17.6 Å². The number of benzene rings is 1. The van der Waals surface area contributed by atoms with Gasteiger partial charge in [0.15, 0.2) is 6.10 Å². The Kier molecular flexibility index (Phi) is 4.59. The number of carboxylic acid groups (broad SMARTS) is 1. The van der Waals surface area contributed by atoms with Crippen LogP contribution >= 0.6 is 11.6 Å². The van der Waals surface area contributed by atoms with Crippen LogP contribution in [0.4, 0.5) is 0 Å². The van der Waals surface area contributed by atoms with Crippen molar-refractivity contribution in [2.45, 2.75) is 19.4 Å². The molecule has 0 amide bonds. The maximum Gasteiger partial charge on any atom is 0.337 e. The van der Waals surface area contributed by atoms with Gasteiger partial charge in [-0.3, -0.25) is 0 Å². The van der Waals surface area contributed by atoms with E-state index in [4.69, 9.17) is 21.4 Å². The zero-order chi connectivity index (χ0) is 11.3. The van der Waals surface area contributed by atoms with Gasteiger partial charge in [0.05, 0.1) is 0 Å². The molecule has 15 heavy (non-hydrogen) atoms. The Morgan fingerprint density at radius 3 is 2.53 bits per heavy atom. The van der Waals surface area contributed by atoms with E-state index in [9.17, 15) is 4.79 Å². The molecule has 0 aliphatic rings. The van der Waals surface area contributed by atoms with Crippen LogP contribution in [-0.2, 0) is 9.53 Å². The van der Waals surface area contributed by atoms with E-state index in [1.807, 2.05) is 6.92 Å². The Morgan fingerprint density at radius 1 is 1.47 bits per heavy atom. The van der Waals surface area contributed by atoms with Crippen LogP contribution < -0.4 is 0 Å². The van der Waals surface area contributed by atoms with Gasteiger partial charge in [0.25, 0.3) is 0 Å². The van der Waals surface area contributed by atoms with Crippen LogP contribution in [0.2, 0.25) is 5.02 Å². The third-order valence-electron chi connectivity index (χ3n) is 1.89. The van der Waals surface area contributed by atoms with E-state index < -0.39 is 12.1 Å². The molecule has 0 aromatic heterocycles. The molecule has 1 atom stereocenters. The minimum Gasteiger partial charge on any atom is -0.479 e. The molecule has 1 aromatic carbocycles. The van der Waals surface area contributed by atoms with E-state index in [2.05, 4.69) is 0 Å². The molecule has 0 fully saturated rings.